The zero-order chi connectivity index (χ0) is 11.2. The van der Waals surface area contributed by atoms with Crippen molar-refractivity contribution >= 4 is 34.1 Å². The number of halogens is 3. The summed E-state index contributed by atoms with van der Waals surface area (Å²) in [5, 5.41) is 0.247. The van der Waals surface area contributed by atoms with Gasteiger partial charge in [0.2, 0.25) is 0 Å². The zero-order valence-electron chi connectivity index (χ0n) is 7.59. The molecule has 0 saturated heterocycles. The van der Waals surface area contributed by atoms with Gasteiger partial charge in [-0.05, 0) is 0 Å². The van der Waals surface area contributed by atoms with Crippen molar-refractivity contribution in [1.29, 1.82) is 0 Å². The summed E-state index contributed by atoms with van der Waals surface area (Å²) >= 11 is 11.3. The number of rotatable bonds is 0. The molecule has 2 heterocycles. The van der Waals surface area contributed by atoms with Gasteiger partial charge in [-0.1, -0.05) is 23.2 Å². The van der Waals surface area contributed by atoms with Crippen LogP contribution < -0.4 is 5.56 Å². The molecule has 0 radical (unpaired) electrons. The van der Waals surface area contributed by atoms with Crippen LogP contribution in [0.25, 0.3) is 10.9 Å². The molecule has 0 bridgehead atoms. The number of hydrogen-bond acceptors (Lipinski definition) is 2. The lowest BCUT2D eigenvalue weighted by Crippen LogP contribution is -2.17. The van der Waals surface area contributed by atoms with Gasteiger partial charge in [-0.3, -0.25) is 4.79 Å². The summed E-state index contributed by atoms with van der Waals surface area (Å²) in [7, 11) is 1.44. The van der Waals surface area contributed by atoms with Crippen LogP contribution in [0.1, 0.15) is 0 Å². The average Bonchev–Trinajstić information content (AvgIpc) is 2.19. The molecule has 15 heavy (non-hydrogen) atoms. The fourth-order valence-electron chi connectivity index (χ4n) is 1.35. The number of aromatic nitrogens is 2. The van der Waals surface area contributed by atoms with Gasteiger partial charge in [0, 0.05) is 24.7 Å². The van der Waals surface area contributed by atoms with Crippen LogP contribution >= 0.6 is 23.2 Å². The standard InChI is InChI=1S/C9H5Cl2FN2O/c1-14-6(15)2-5(10)4-3-13-9(11)7(12)8(4)14/h2-3H,1H3. The van der Waals surface area contributed by atoms with E-state index in [1.807, 2.05) is 0 Å². The van der Waals surface area contributed by atoms with E-state index < -0.39 is 11.4 Å². The molecule has 0 N–H and O–H groups in total. The molecule has 0 amide bonds. The van der Waals surface area contributed by atoms with Crippen molar-refractivity contribution in [3.8, 4) is 0 Å². The quantitative estimate of drug-likeness (QED) is 0.670. The van der Waals surface area contributed by atoms with Crippen molar-refractivity contribution in [2.45, 2.75) is 0 Å². The smallest absolute Gasteiger partial charge is 0.252 e. The summed E-state index contributed by atoms with van der Waals surface area (Å²) in [5.41, 5.74) is -0.332. The second-order valence-corrected chi connectivity index (χ2v) is 3.78. The third-order valence-electron chi connectivity index (χ3n) is 2.12. The van der Waals surface area contributed by atoms with Gasteiger partial charge in [0.1, 0.15) is 0 Å². The lowest BCUT2D eigenvalue weighted by atomic mass is 10.2. The first-order chi connectivity index (χ1) is 7.02. The molecular weight excluding hydrogens is 242 g/mol. The van der Waals surface area contributed by atoms with Gasteiger partial charge in [-0.25, -0.2) is 9.37 Å². The second kappa shape index (κ2) is 3.47. The summed E-state index contributed by atoms with van der Waals surface area (Å²) in [6.07, 6.45) is 1.34. The van der Waals surface area contributed by atoms with Gasteiger partial charge in [-0.2, -0.15) is 0 Å². The Morgan fingerprint density at radius 3 is 2.80 bits per heavy atom. The van der Waals surface area contributed by atoms with E-state index >= 15 is 0 Å². The van der Waals surface area contributed by atoms with E-state index in [9.17, 15) is 9.18 Å². The average molecular weight is 247 g/mol. The number of nitrogens with zero attached hydrogens (tertiary/aromatic N) is 2. The Morgan fingerprint density at radius 1 is 1.47 bits per heavy atom. The van der Waals surface area contributed by atoms with Gasteiger partial charge in [0.25, 0.3) is 5.56 Å². The molecule has 0 aliphatic heterocycles. The summed E-state index contributed by atoms with van der Waals surface area (Å²) in [4.78, 5) is 15.0. The maximum absolute atomic E-state index is 13.6. The number of pyridine rings is 2. The van der Waals surface area contributed by atoms with E-state index in [0.29, 0.717) is 5.39 Å². The highest BCUT2D eigenvalue weighted by molar-refractivity contribution is 6.35. The first kappa shape index (κ1) is 10.4. The first-order valence-corrected chi connectivity index (χ1v) is 4.77. The van der Waals surface area contributed by atoms with Crippen molar-refractivity contribution < 1.29 is 4.39 Å². The molecule has 0 saturated carbocycles. The summed E-state index contributed by atoms with van der Waals surface area (Å²) in [5.74, 6) is -0.740. The van der Waals surface area contributed by atoms with E-state index in [4.69, 9.17) is 23.2 Å². The zero-order valence-corrected chi connectivity index (χ0v) is 9.10. The minimum Gasteiger partial charge on any atom is -0.308 e. The Labute approximate surface area is 94.1 Å². The largest absolute Gasteiger partial charge is 0.308 e. The normalized spacial score (nSPS) is 10.9. The summed E-state index contributed by atoms with van der Waals surface area (Å²) < 4.78 is 14.7. The number of hydrogen-bond donors (Lipinski definition) is 0. The molecule has 2 rings (SSSR count). The minimum atomic E-state index is -0.740. The van der Waals surface area contributed by atoms with Crippen LogP contribution in [0.3, 0.4) is 0 Å². The van der Waals surface area contributed by atoms with E-state index in [1.54, 1.807) is 0 Å². The fourth-order valence-corrected chi connectivity index (χ4v) is 1.72. The Balaban J connectivity index is 3.11. The highest BCUT2D eigenvalue weighted by Crippen LogP contribution is 2.25. The summed E-state index contributed by atoms with van der Waals surface area (Å²) in [6.45, 7) is 0. The molecule has 0 fully saturated rings. The Morgan fingerprint density at radius 2 is 2.13 bits per heavy atom. The van der Waals surface area contributed by atoms with Gasteiger partial charge in [-0.15, -0.1) is 0 Å². The monoisotopic (exact) mass is 246 g/mol. The van der Waals surface area contributed by atoms with Crippen molar-refractivity contribution in [2.24, 2.45) is 7.05 Å². The fraction of sp³-hybridized carbons (Fsp3) is 0.111. The van der Waals surface area contributed by atoms with Gasteiger partial charge in [0.05, 0.1) is 10.5 Å². The number of aryl methyl sites for hydroxylation is 1. The highest BCUT2D eigenvalue weighted by Gasteiger charge is 2.13. The third kappa shape index (κ3) is 1.50. The summed E-state index contributed by atoms with van der Waals surface area (Å²) in [6, 6.07) is 1.21. The molecule has 2 aromatic heterocycles. The maximum atomic E-state index is 13.6. The van der Waals surface area contributed by atoms with E-state index in [-0.39, 0.29) is 15.7 Å². The molecule has 0 atom stereocenters. The molecule has 0 aromatic carbocycles. The Kier molecular flexibility index (Phi) is 2.40. The van der Waals surface area contributed by atoms with Crippen molar-refractivity contribution in [2.75, 3.05) is 0 Å². The van der Waals surface area contributed by atoms with Gasteiger partial charge in [0.15, 0.2) is 11.0 Å². The van der Waals surface area contributed by atoms with E-state index in [1.165, 1.54) is 19.3 Å². The predicted octanol–water partition coefficient (Wildman–Crippen LogP) is 2.38. The Hall–Kier alpha value is -1.13. The van der Waals surface area contributed by atoms with E-state index in [2.05, 4.69) is 4.98 Å². The first-order valence-electron chi connectivity index (χ1n) is 4.01. The van der Waals surface area contributed by atoms with Crippen LogP contribution in [-0.4, -0.2) is 9.55 Å². The molecule has 3 nitrogen and oxygen atoms in total. The molecule has 2 aromatic rings. The predicted molar refractivity (Wildman–Crippen MR) is 57.0 cm³/mol. The topological polar surface area (TPSA) is 34.9 Å². The van der Waals surface area contributed by atoms with Crippen LogP contribution in [-0.2, 0) is 7.05 Å². The lowest BCUT2D eigenvalue weighted by Gasteiger charge is -2.07. The van der Waals surface area contributed by atoms with Crippen LogP contribution in [0.5, 0.6) is 0 Å². The van der Waals surface area contributed by atoms with Crippen molar-refractivity contribution in [3.63, 3.8) is 0 Å². The van der Waals surface area contributed by atoms with Crippen molar-refractivity contribution in [3.05, 3.63) is 38.6 Å². The second-order valence-electron chi connectivity index (χ2n) is 3.01. The van der Waals surface area contributed by atoms with Gasteiger partial charge >= 0.3 is 0 Å². The van der Waals surface area contributed by atoms with E-state index in [0.717, 1.165) is 4.57 Å². The maximum Gasteiger partial charge on any atom is 0.252 e. The van der Waals surface area contributed by atoms with Crippen LogP contribution in [0.4, 0.5) is 4.39 Å². The molecule has 6 heteroatoms. The third-order valence-corrected chi connectivity index (χ3v) is 2.70. The minimum absolute atomic E-state index is 0.0625. The Bertz CT molecular complexity index is 609. The van der Waals surface area contributed by atoms with Crippen LogP contribution in [0.2, 0.25) is 10.2 Å². The molecule has 0 aliphatic carbocycles. The van der Waals surface area contributed by atoms with Gasteiger partial charge < -0.3 is 4.57 Å². The SMILES string of the molecule is Cn1c(=O)cc(Cl)c2cnc(Cl)c(F)c21. The highest BCUT2D eigenvalue weighted by atomic mass is 35.5. The molecule has 78 valence electrons. The lowest BCUT2D eigenvalue weighted by molar-refractivity contribution is 0.624. The molecule has 0 aliphatic rings. The molecule has 0 spiro atoms. The number of fused-ring (bicyclic) bond motifs is 1. The molecule has 0 unspecified atom stereocenters. The van der Waals surface area contributed by atoms with Crippen molar-refractivity contribution in [1.82, 2.24) is 9.55 Å². The molecular formula is C9H5Cl2FN2O. The van der Waals surface area contributed by atoms with Crippen LogP contribution in [0, 0.1) is 5.82 Å². The van der Waals surface area contributed by atoms with Crippen LogP contribution in [0.15, 0.2) is 17.1 Å².